The van der Waals surface area contributed by atoms with Crippen LogP contribution in [0.2, 0.25) is 0 Å². The Morgan fingerprint density at radius 3 is 2.71 bits per heavy atom. The standard InChI is InChI=1S/C14H17NO2/c16-13(17)14(8-10-3-5-15-6-4-10)9-11-1-2-12(14)7-11/h3-6,11-12H,1-2,7-9H2,(H,16,17). The van der Waals surface area contributed by atoms with Gasteiger partial charge in [-0.2, -0.15) is 0 Å². The molecule has 1 N–H and O–H groups in total. The highest BCUT2D eigenvalue weighted by atomic mass is 16.4. The van der Waals surface area contributed by atoms with Gasteiger partial charge in [-0.1, -0.05) is 6.42 Å². The lowest BCUT2D eigenvalue weighted by Gasteiger charge is -2.33. The lowest BCUT2D eigenvalue weighted by molar-refractivity contribution is -0.152. The van der Waals surface area contributed by atoms with Crippen molar-refractivity contribution in [2.45, 2.75) is 32.1 Å². The maximum absolute atomic E-state index is 11.7. The number of nitrogens with zero attached hydrogens (tertiary/aromatic N) is 1. The Labute approximate surface area is 101 Å². The van der Waals surface area contributed by atoms with E-state index in [9.17, 15) is 9.90 Å². The molecule has 1 aromatic rings. The van der Waals surface area contributed by atoms with Crippen molar-refractivity contribution in [2.75, 3.05) is 0 Å². The van der Waals surface area contributed by atoms with E-state index >= 15 is 0 Å². The fourth-order valence-corrected chi connectivity index (χ4v) is 3.86. The zero-order valence-electron chi connectivity index (χ0n) is 9.80. The molecule has 3 unspecified atom stereocenters. The highest BCUT2D eigenvalue weighted by molar-refractivity contribution is 5.76. The minimum Gasteiger partial charge on any atom is -0.481 e. The Morgan fingerprint density at radius 1 is 1.41 bits per heavy atom. The van der Waals surface area contributed by atoms with Gasteiger partial charge in [0.1, 0.15) is 0 Å². The number of carbonyl (C=O) groups is 1. The summed E-state index contributed by atoms with van der Waals surface area (Å²) in [6.07, 6.45) is 8.49. The zero-order valence-corrected chi connectivity index (χ0v) is 9.80. The van der Waals surface area contributed by atoms with Gasteiger partial charge >= 0.3 is 5.97 Å². The Hall–Kier alpha value is -1.38. The fourth-order valence-electron chi connectivity index (χ4n) is 3.86. The highest BCUT2D eigenvalue weighted by Gasteiger charge is 2.55. The molecule has 0 spiro atoms. The molecule has 17 heavy (non-hydrogen) atoms. The number of fused-ring (bicyclic) bond motifs is 2. The van der Waals surface area contributed by atoms with Crippen molar-refractivity contribution in [1.29, 1.82) is 0 Å². The molecular weight excluding hydrogens is 214 g/mol. The van der Waals surface area contributed by atoms with Crippen LogP contribution in [0.1, 0.15) is 31.2 Å². The molecule has 2 saturated carbocycles. The van der Waals surface area contributed by atoms with Crippen molar-refractivity contribution in [3.8, 4) is 0 Å². The molecule has 0 amide bonds. The number of hydrogen-bond acceptors (Lipinski definition) is 2. The summed E-state index contributed by atoms with van der Waals surface area (Å²) in [5, 5.41) is 9.63. The number of pyridine rings is 1. The Kier molecular flexibility index (Phi) is 2.42. The maximum atomic E-state index is 11.7. The fraction of sp³-hybridized carbons (Fsp3) is 0.571. The van der Waals surface area contributed by atoms with Crippen molar-refractivity contribution < 1.29 is 9.90 Å². The third-order valence-electron chi connectivity index (χ3n) is 4.67. The molecule has 3 rings (SSSR count). The summed E-state index contributed by atoms with van der Waals surface area (Å²) in [6, 6.07) is 3.88. The molecule has 1 aromatic heterocycles. The average Bonchev–Trinajstić information content (AvgIpc) is 2.91. The van der Waals surface area contributed by atoms with E-state index in [0.29, 0.717) is 18.3 Å². The molecule has 0 radical (unpaired) electrons. The molecule has 1 heterocycles. The van der Waals surface area contributed by atoms with Gasteiger partial charge in [-0.25, -0.2) is 0 Å². The number of carboxylic acid groups (broad SMARTS) is 1. The summed E-state index contributed by atoms with van der Waals surface area (Å²) in [7, 11) is 0. The van der Waals surface area contributed by atoms with Gasteiger partial charge in [0.05, 0.1) is 5.41 Å². The molecule has 2 bridgehead atoms. The van der Waals surface area contributed by atoms with Crippen LogP contribution in [0.25, 0.3) is 0 Å². The molecule has 0 saturated heterocycles. The normalized spacial score (nSPS) is 35.1. The third-order valence-corrected chi connectivity index (χ3v) is 4.67. The van der Waals surface area contributed by atoms with E-state index in [1.54, 1.807) is 12.4 Å². The first-order chi connectivity index (χ1) is 8.21. The second kappa shape index (κ2) is 3.83. The minimum absolute atomic E-state index is 0.387. The van der Waals surface area contributed by atoms with Gasteiger partial charge in [-0.05, 0) is 55.2 Å². The van der Waals surface area contributed by atoms with Crippen LogP contribution in [0.4, 0.5) is 0 Å². The first-order valence-corrected chi connectivity index (χ1v) is 6.33. The quantitative estimate of drug-likeness (QED) is 0.869. The van der Waals surface area contributed by atoms with Crippen LogP contribution in [0, 0.1) is 17.3 Å². The SMILES string of the molecule is O=C(O)C1(Cc2ccncc2)CC2CCC1C2. The van der Waals surface area contributed by atoms with Crippen LogP contribution in [0.5, 0.6) is 0 Å². The summed E-state index contributed by atoms with van der Waals surface area (Å²) in [5.41, 5.74) is 0.611. The van der Waals surface area contributed by atoms with E-state index in [4.69, 9.17) is 0 Å². The molecule has 0 aliphatic heterocycles. The Bertz CT molecular complexity index is 431. The van der Waals surface area contributed by atoms with Crippen molar-refractivity contribution in [2.24, 2.45) is 17.3 Å². The minimum atomic E-state index is -0.596. The van der Waals surface area contributed by atoms with E-state index in [2.05, 4.69) is 4.98 Å². The average molecular weight is 231 g/mol. The van der Waals surface area contributed by atoms with Crippen molar-refractivity contribution in [3.63, 3.8) is 0 Å². The second-order valence-electron chi connectivity index (χ2n) is 5.57. The van der Waals surface area contributed by atoms with E-state index < -0.39 is 11.4 Å². The topological polar surface area (TPSA) is 50.2 Å². The Morgan fingerprint density at radius 2 is 2.18 bits per heavy atom. The van der Waals surface area contributed by atoms with Crippen LogP contribution in [-0.4, -0.2) is 16.1 Å². The van der Waals surface area contributed by atoms with Crippen molar-refractivity contribution in [3.05, 3.63) is 30.1 Å². The van der Waals surface area contributed by atoms with Crippen LogP contribution in [0.15, 0.2) is 24.5 Å². The lowest BCUT2D eigenvalue weighted by Crippen LogP contribution is -2.38. The van der Waals surface area contributed by atoms with E-state index in [-0.39, 0.29) is 0 Å². The Balaban J connectivity index is 1.89. The van der Waals surface area contributed by atoms with Gasteiger partial charge in [-0.15, -0.1) is 0 Å². The maximum Gasteiger partial charge on any atom is 0.310 e. The van der Waals surface area contributed by atoms with E-state index in [1.807, 2.05) is 12.1 Å². The number of hydrogen-bond donors (Lipinski definition) is 1. The molecule has 2 aliphatic carbocycles. The second-order valence-corrected chi connectivity index (χ2v) is 5.57. The first kappa shape index (κ1) is 10.8. The van der Waals surface area contributed by atoms with E-state index in [0.717, 1.165) is 24.8 Å². The van der Waals surface area contributed by atoms with Gasteiger partial charge in [0.25, 0.3) is 0 Å². The van der Waals surface area contributed by atoms with Gasteiger partial charge in [0.2, 0.25) is 0 Å². The van der Waals surface area contributed by atoms with Crippen LogP contribution in [-0.2, 0) is 11.2 Å². The summed E-state index contributed by atoms with van der Waals surface area (Å²) < 4.78 is 0. The molecule has 0 aromatic carbocycles. The number of aliphatic carboxylic acids is 1. The molecular formula is C14H17NO2. The first-order valence-electron chi connectivity index (χ1n) is 6.33. The third kappa shape index (κ3) is 1.65. The van der Waals surface area contributed by atoms with Crippen LogP contribution >= 0.6 is 0 Å². The van der Waals surface area contributed by atoms with Gasteiger partial charge in [0.15, 0.2) is 0 Å². The molecule has 2 fully saturated rings. The van der Waals surface area contributed by atoms with Crippen LogP contribution < -0.4 is 0 Å². The van der Waals surface area contributed by atoms with Crippen molar-refractivity contribution >= 4 is 5.97 Å². The van der Waals surface area contributed by atoms with E-state index in [1.165, 1.54) is 6.42 Å². The van der Waals surface area contributed by atoms with Gasteiger partial charge in [0, 0.05) is 12.4 Å². The molecule has 3 heteroatoms. The highest BCUT2D eigenvalue weighted by Crippen LogP contribution is 2.57. The van der Waals surface area contributed by atoms with Crippen LogP contribution in [0.3, 0.4) is 0 Å². The van der Waals surface area contributed by atoms with Gasteiger partial charge < -0.3 is 5.11 Å². The number of aromatic nitrogens is 1. The molecule has 3 nitrogen and oxygen atoms in total. The summed E-state index contributed by atoms with van der Waals surface area (Å²) >= 11 is 0. The zero-order chi connectivity index (χ0) is 11.9. The predicted molar refractivity (Wildman–Crippen MR) is 63.5 cm³/mol. The predicted octanol–water partition coefficient (Wildman–Crippen LogP) is 2.52. The molecule has 90 valence electrons. The summed E-state index contributed by atoms with van der Waals surface area (Å²) in [5.74, 6) is 0.442. The number of rotatable bonds is 3. The smallest absolute Gasteiger partial charge is 0.310 e. The monoisotopic (exact) mass is 231 g/mol. The summed E-state index contributed by atoms with van der Waals surface area (Å²) in [6.45, 7) is 0. The largest absolute Gasteiger partial charge is 0.481 e. The van der Waals surface area contributed by atoms with Crippen molar-refractivity contribution in [1.82, 2.24) is 4.98 Å². The molecule has 2 aliphatic rings. The van der Waals surface area contributed by atoms with Gasteiger partial charge in [-0.3, -0.25) is 9.78 Å². The summed E-state index contributed by atoms with van der Waals surface area (Å²) in [4.78, 5) is 15.7. The molecule has 3 atom stereocenters. The lowest BCUT2D eigenvalue weighted by atomic mass is 9.69. The number of carboxylic acids is 1.